The maximum Gasteiger partial charge on any atom is 0.0215 e. The molecule has 1 aliphatic rings. The van der Waals surface area contributed by atoms with Crippen molar-refractivity contribution in [2.75, 3.05) is 0 Å². The molecule has 0 saturated heterocycles. The molecule has 1 heteroatoms. The highest BCUT2D eigenvalue weighted by Crippen LogP contribution is 2.54. The van der Waals surface area contributed by atoms with Crippen LogP contribution in [0, 0.1) is 0 Å². The van der Waals surface area contributed by atoms with E-state index in [0.29, 0.717) is 0 Å². The second-order valence-corrected chi connectivity index (χ2v) is 11.8. The number of hydrogen-bond donors (Lipinski definition) is 0. The molecule has 0 heterocycles. The second kappa shape index (κ2) is 13.6. The molecule has 3 aromatic rings. The molecule has 0 atom stereocenters. The lowest BCUT2D eigenvalue weighted by Gasteiger charge is -2.33. The summed E-state index contributed by atoms with van der Waals surface area (Å²) in [5, 5.41) is 0. The van der Waals surface area contributed by atoms with E-state index in [-0.39, 0.29) is 5.41 Å². The zero-order valence-electron chi connectivity index (χ0n) is 22.6. The van der Waals surface area contributed by atoms with Gasteiger partial charge in [-0.05, 0) is 64.4 Å². The van der Waals surface area contributed by atoms with E-state index in [2.05, 4.69) is 96.5 Å². The van der Waals surface area contributed by atoms with Crippen molar-refractivity contribution in [3.8, 4) is 22.3 Å². The minimum atomic E-state index is 0.160. The summed E-state index contributed by atoms with van der Waals surface area (Å²) in [6.07, 6.45) is 18.9. The first-order valence-corrected chi connectivity index (χ1v) is 15.5. The summed E-state index contributed by atoms with van der Waals surface area (Å²) in [7, 11) is 0. The Morgan fingerprint density at radius 1 is 0.528 bits per heavy atom. The number of unbranched alkanes of at least 4 members (excludes halogenated alkanes) is 10. The van der Waals surface area contributed by atoms with Crippen molar-refractivity contribution in [3.63, 3.8) is 0 Å². The topological polar surface area (TPSA) is 0 Å². The first-order chi connectivity index (χ1) is 17.7. The van der Waals surface area contributed by atoms with Crippen molar-refractivity contribution in [2.24, 2.45) is 0 Å². The molecule has 192 valence electrons. The second-order valence-electron chi connectivity index (χ2n) is 10.9. The molecule has 3 aromatic carbocycles. The van der Waals surface area contributed by atoms with Crippen LogP contribution in [0.25, 0.3) is 22.3 Å². The van der Waals surface area contributed by atoms with Gasteiger partial charge in [-0.3, -0.25) is 0 Å². The van der Waals surface area contributed by atoms with E-state index in [9.17, 15) is 0 Å². The normalized spacial score (nSPS) is 13.5. The molecular weight excluding hydrogens is 500 g/mol. The van der Waals surface area contributed by atoms with E-state index >= 15 is 0 Å². The number of benzene rings is 3. The van der Waals surface area contributed by atoms with Crippen LogP contribution in [0.5, 0.6) is 0 Å². The Labute approximate surface area is 229 Å². The third kappa shape index (κ3) is 6.34. The van der Waals surface area contributed by atoms with Crippen LogP contribution in [0.15, 0.2) is 71.2 Å². The first kappa shape index (κ1) is 27.2. The summed E-state index contributed by atoms with van der Waals surface area (Å²) in [6, 6.07) is 25.4. The fourth-order valence-corrected chi connectivity index (χ4v) is 6.62. The molecule has 1 aliphatic carbocycles. The van der Waals surface area contributed by atoms with Crippen LogP contribution in [0.1, 0.15) is 115 Å². The SMILES string of the molecule is CCCCCCCCC1(CCCCCCCC)c2ccccc2-c2ccc(-c3ccc(Br)cc3)cc21. The lowest BCUT2D eigenvalue weighted by atomic mass is 9.70. The average molecular weight is 546 g/mol. The highest BCUT2D eigenvalue weighted by atomic mass is 79.9. The molecule has 0 bridgehead atoms. The van der Waals surface area contributed by atoms with Gasteiger partial charge in [0, 0.05) is 9.89 Å². The van der Waals surface area contributed by atoms with Gasteiger partial charge in [-0.2, -0.15) is 0 Å². The minimum Gasteiger partial charge on any atom is -0.0654 e. The number of rotatable bonds is 15. The zero-order valence-corrected chi connectivity index (χ0v) is 24.2. The quantitative estimate of drug-likeness (QED) is 0.167. The Bertz CT molecular complexity index is 1060. The maximum atomic E-state index is 3.61. The molecule has 0 saturated carbocycles. The van der Waals surface area contributed by atoms with Crippen LogP contribution < -0.4 is 0 Å². The number of halogens is 1. The third-order valence-electron chi connectivity index (χ3n) is 8.36. The molecule has 0 N–H and O–H groups in total. The summed E-state index contributed by atoms with van der Waals surface area (Å²) < 4.78 is 1.14. The Morgan fingerprint density at radius 2 is 1.06 bits per heavy atom. The van der Waals surface area contributed by atoms with E-state index in [1.165, 1.54) is 112 Å². The summed E-state index contributed by atoms with van der Waals surface area (Å²) >= 11 is 3.61. The lowest BCUT2D eigenvalue weighted by molar-refractivity contribution is 0.398. The molecule has 0 spiro atoms. The highest BCUT2D eigenvalue weighted by molar-refractivity contribution is 9.10. The van der Waals surface area contributed by atoms with E-state index in [4.69, 9.17) is 0 Å². The van der Waals surface area contributed by atoms with Crippen molar-refractivity contribution in [3.05, 3.63) is 82.3 Å². The Morgan fingerprint density at radius 3 is 1.69 bits per heavy atom. The van der Waals surface area contributed by atoms with Gasteiger partial charge < -0.3 is 0 Å². The van der Waals surface area contributed by atoms with Gasteiger partial charge in [0.25, 0.3) is 0 Å². The maximum absolute atomic E-state index is 3.61. The van der Waals surface area contributed by atoms with Crippen LogP contribution in [-0.2, 0) is 5.41 Å². The zero-order chi connectivity index (χ0) is 25.2. The largest absolute Gasteiger partial charge is 0.0654 e. The lowest BCUT2D eigenvalue weighted by Crippen LogP contribution is -2.25. The fraction of sp³-hybridized carbons (Fsp3) is 0.486. The van der Waals surface area contributed by atoms with Gasteiger partial charge in [-0.25, -0.2) is 0 Å². The first-order valence-electron chi connectivity index (χ1n) is 14.7. The van der Waals surface area contributed by atoms with Gasteiger partial charge in [0.05, 0.1) is 0 Å². The Balaban J connectivity index is 1.65. The fourth-order valence-electron chi connectivity index (χ4n) is 6.36. The molecular formula is C35H45Br. The van der Waals surface area contributed by atoms with E-state index in [0.717, 1.165) is 4.47 Å². The van der Waals surface area contributed by atoms with Crippen molar-refractivity contribution >= 4 is 15.9 Å². The molecule has 0 fully saturated rings. The molecule has 0 aliphatic heterocycles. The Kier molecular flexibility index (Phi) is 10.3. The van der Waals surface area contributed by atoms with E-state index in [1.54, 1.807) is 11.1 Å². The van der Waals surface area contributed by atoms with Gasteiger partial charge in [0.2, 0.25) is 0 Å². The highest BCUT2D eigenvalue weighted by Gasteiger charge is 2.42. The average Bonchev–Trinajstić information content (AvgIpc) is 3.18. The summed E-state index contributed by atoms with van der Waals surface area (Å²) in [5.41, 5.74) is 8.96. The summed E-state index contributed by atoms with van der Waals surface area (Å²) in [4.78, 5) is 0. The monoisotopic (exact) mass is 544 g/mol. The molecule has 0 aromatic heterocycles. The standard InChI is InChI=1S/C35H45Br/c1-3-5-7-9-11-15-25-35(26-16-12-10-8-6-4-2)33-18-14-13-17-31(33)32-24-21-29(27-34(32)35)28-19-22-30(36)23-20-28/h13-14,17-24,27H,3-12,15-16,25-26H2,1-2H3. The molecule has 36 heavy (non-hydrogen) atoms. The molecule has 0 nitrogen and oxygen atoms in total. The van der Waals surface area contributed by atoms with Gasteiger partial charge in [-0.1, -0.05) is 155 Å². The number of fused-ring (bicyclic) bond motifs is 3. The molecule has 0 radical (unpaired) electrons. The molecule has 4 rings (SSSR count). The van der Waals surface area contributed by atoms with Crippen molar-refractivity contribution in [2.45, 2.75) is 109 Å². The van der Waals surface area contributed by atoms with Gasteiger partial charge >= 0.3 is 0 Å². The predicted octanol–water partition coefficient (Wildman–Crippen LogP) is 11.9. The van der Waals surface area contributed by atoms with Crippen molar-refractivity contribution < 1.29 is 0 Å². The van der Waals surface area contributed by atoms with Gasteiger partial charge in [-0.15, -0.1) is 0 Å². The van der Waals surface area contributed by atoms with E-state index in [1.807, 2.05) is 0 Å². The van der Waals surface area contributed by atoms with Crippen LogP contribution >= 0.6 is 15.9 Å². The van der Waals surface area contributed by atoms with Crippen molar-refractivity contribution in [1.29, 1.82) is 0 Å². The van der Waals surface area contributed by atoms with Crippen LogP contribution in [0.4, 0.5) is 0 Å². The van der Waals surface area contributed by atoms with E-state index < -0.39 is 0 Å². The van der Waals surface area contributed by atoms with Crippen LogP contribution in [0.2, 0.25) is 0 Å². The number of hydrogen-bond acceptors (Lipinski definition) is 0. The summed E-state index contributed by atoms with van der Waals surface area (Å²) in [5.74, 6) is 0. The van der Waals surface area contributed by atoms with Gasteiger partial charge in [0.1, 0.15) is 0 Å². The van der Waals surface area contributed by atoms with Crippen LogP contribution in [-0.4, -0.2) is 0 Å². The summed E-state index contributed by atoms with van der Waals surface area (Å²) in [6.45, 7) is 4.62. The molecule has 0 amide bonds. The minimum absolute atomic E-state index is 0.160. The Hall–Kier alpha value is -1.86. The van der Waals surface area contributed by atoms with Crippen LogP contribution in [0.3, 0.4) is 0 Å². The third-order valence-corrected chi connectivity index (χ3v) is 8.89. The smallest absolute Gasteiger partial charge is 0.0215 e. The predicted molar refractivity (Wildman–Crippen MR) is 162 cm³/mol. The van der Waals surface area contributed by atoms with Crippen molar-refractivity contribution in [1.82, 2.24) is 0 Å². The molecule has 0 unspecified atom stereocenters. The van der Waals surface area contributed by atoms with Gasteiger partial charge in [0.15, 0.2) is 0 Å².